The van der Waals surface area contributed by atoms with Crippen LogP contribution in [-0.2, 0) is 11.3 Å². The Hall–Kier alpha value is -3.20. The van der Waals surface area contributed by atoms with Crippen molar-refractivity contribution >= 4 is 11.4 Å². The number of hydrogen-bond donors (Lipinski definition) is 2. The molecule has 9 heteroatoms. The van der Waals surface area contributed by atoms with Crippen molar-refractivity contribution in [2.24, 2.45) is 0 Å². The van der Waals surface area contributed by atoms with Gasteiger partial charge in [-0.05, 0) is 32.9 Å². The second kappa shape index (κ2) is 8.87. The van der Waals surface area contributed by atoms with E-state index in [1.54, 1.807) is 12.3 Å². The van der Waals surface area contributed by atoms with Crippen molar-refractivity contribution in [2.75, 3.05) is 13.2 Å². The SMILES string of the molecule is Cc1cccc(-c2cn3nc(OCCCO)cc3c(=O)n2CC(=O)NC(C)C)n1. The number of amides is 1. The van der Waals surface area contributed by atoms with Gasteiger partial charge in [-0.15, -0.1) is 5.10 Å². The summed E-state index contributed by atoms with van der Waals surface area (Å²) in [5, 5.41) is 16.0. The molecule has 0 atom stereocenters. The van der Waals surface area contributed by atoms with Crippen LogP contribution in [0.5, 0.6) is 5.88 Å². The molecule has 0 radical (unpaired) electrons. The molecule has 0 aliphatic rings. The molecule has 0 unspecified atom stereocenters. The van der Waals surface area contributed by atoms with Crippen LogP contribution < -0.4 is 15.6 Å². The number of pyridine rings is 1. The van der Waals surface area contributed by atoms with Crippen LogP contribution in [0.4, 0.5) is 0 Å². The van der Waals surface area contributed by atoms with Gasteiger partial charge in [0.25, 0.3) is 5.56 Å². The van der Waals surface area contributed by atoms with Crippen LogP contribution in [0.3, 0.4) is 0 Å². The zero-order valence-electron chi connectivity index (χ0n) is 16.8. The smallest absolute Gasteiger partial charge is 0.277 e. The fraction of sp³-hybridized carbons (Fsp3) is 0.400. The van der Waals surface area contributed by atoms with Crippen LogP contribution >= 0.6 is 0 Å². The number of aryl methyl sites for hydroxylation is 1. The predicted molar refractivity (Wildman–Crippen MR) is 108 cm³/mol. The van der Waals surface area contributed by atoms with E-state index < -0.39 is 0 Å². The molecule has 3 rings (SSSR count). The van der Waals surface area contributed by atoms with Crippen molar-refractivity contribution in [2.45, 2.75) is 39.8 Å². The van der Waals surface area contributed by atoms with Gasteiger partial charge in [-0.25, -0.2) is 4.52 Å². The van der Waals surface area contributed by atoms with Crippen molar-refractivity contribution in [3.63, 3.8) is 0 Å². The summed E-state index contributed by atoms with van der Waals surface area (Å²) in [6, 6.07) is 6.98. The Morgan fingerprint density at radius 2 is 2.14 bits per heavy atom. The Kier molecular flexibility index (Phi) is 6.28. The van der Waals surface area contributed by atoms with E-state index in [9.17, 15) is 9.59 Å². The van der Waals surface area contributed by atoms with E-state index in [2.05, 4.69) is 15.4 Å². The Bertz CT molecular complexity index is 1070. The number of carbonyl (C=O) groups excluding carboxylic acids is 1. The molecule has 3 heterocycles. The molecule has 1 amide bonds. The maximum atomic E-state index is 13.2. The molecule has 2 N–H and O–H groups in total. The fourth-order valence-corrected chi connectivity index (χ4v) is 2.93. The second-order valence-electron chi connectivity index (χ2n) is 7.03. The summed E-state index contributed by atoms with van der Waals surface area (Å²) in [5.41, 5.74) is 1.77. The van der Waals surface area contributed by atoms with Gasteiger partial charge in [0, 0.05) is 30.8 Å². The van der Waals surface area contributed by atoms with Gasteiger partial charge in [0.2, 0.25) is 11.8 Å². The molecule has 0 bridgehead atoms. The number of carbonyl (C=O) groups is 1. The molecule has 0 fully saturated rings. The maximum absolute atomic E-state index is 13.2. The van der Waals surface area contributed by atoms with Crippen LogP contribution in [0.25, 0.3) is 16.9 Å². The van der Waals surface area contributed by atoms with Gasteiger partial charge < -0.3 is 15.2 Å². The molecule has 0 aromatic carbocycles. The van der Waals surface area contributed by atoms with Gasteiger partial charge >= 0.3 is 0 Å². The van der Waals surface area contributed by atoms with E-state index in [1.807, 2.05) is 32.9 Å². The van der Waals surface area contributed by atoms with E-state index >= 15 is 0 Å². The number of aliphatic hydroxyl groups is 1. The quantitative estimate of drug-likeness (QED) is 0.550. The normalized spacial score (nSPS) is 11.2. The van der Waals surface area contributed by atoms with Crippen LogP contribution in [0.1, 0.15) is 26.0 Å². The Balaban J connectivity index is 2.10. The van der Waals surface area contributed by atoms with Gasteiger partial charge in [0.1, 0.15) is 12.1 Å². The summed E-state index contributed by atoms with van der Waals surface area (Å²) in [6.07, 6.45) is 2.13. The molecule has 0 saturated carbocycles. The third-order valence-corrected chi connectivity index (χ3v) is 4.17. The first-order valence-corrected chi connectivity index (χ1v) is 9.49. The molecule has 154 valence electrons. The molecule has 0 spiro atoms. The molecule has 0 saturated heterocycles. The number of nitrogens with one attached hydrogen (secondary N) is 1. The molecule has 9 nitrogen and oxygen atoms in total. The van der Waals surface area contributed by atoms with Gasteiger partial charge in [-0.1, -0.05) is 6.07 Å². The first-order valence-electron chi connectivity index (χ1n) is 9.49. The fourth-order valence-electron chi connectivity index (χ4n) is 2.93. The second-order valence-corrected chi connectivity index (χ2v) is 7.03. The first-order chi connectivity index (χ1) is 13.9. The van der Waals surface area contributed by atoms with Crippen molar-refractivity contribution in [1.29, 1.82) is 0 Å². The zero-order chi connectivity index (χ0) is 21.0. The monoisotopic (exact) mass is 399 g/mol. The van der Waals surface area contributed by atoms with Crippen molar-refractivity contribution < 1.29 is 14.6 Å². The number of nitrogens with zero attached hydrogens (tertiary/aromatic N) is 4. The summed E-state index contributed by atoms with van der Waals surface area (Å²) in [7, 11) is 0. The highest BCUT2D eigenvalue weighted by molar-refractivity contribution is 5.77. The number of aromatic nitrogens is 4. The van der Waals surface area contributed by atoms with Gasteiger partial charge in [-0.2, -0.15) is 0 Å². The highest BCUT2D eigenvalue weighted by atomic mass is 16.5. The lowest BCUT2D eigenvalue weighted by Crippen LogP contribution is -2.37. The number of hydrogen-bond acceptors (Lipinski definition) is 6. The number of aliphatic hydroxyl groups excluding tert-OH is 1. The highest BCUT2D eigenvalue weighted by Gasteiger charge is 2.17. The van der Waals surface area contributed by atoms with Crippen LogP contribution in [0.15, 0.2) is 35.3 Å². The Morgan fingerprint density at radius 3 is 2.83 bits per heavy atom. The van der Waals surface area contributed by atoms with E-state index in [4.69, 9.17) is 9.84 Å². The summed E-state index contributed by atoms with van der Waals surface area (Å²) < 4.78 is 8.32. The third kappa shape index (κ3) is 4.80. The molecule has 29 heavy (non-hydrogen) atoms. The van der Waals surface area contributed by atoms with Gasteiger partial charge in [0.15, 0.2) is 0 Å². The molecule has 3 aromatic rings. The zero-order valence-corrected chi connectivity index (χ0v) is 16.8. The molecule has 0 aliphatic carbocycles. The lowest BCUT2D eigenvalue weighted by molar-refractivity contribution is -0.122. The standard InChI is InChI=1S/C20H25N5O4/c1-13(2)21-18(27)12-24-17(15-7-4-6-14(3)22-15)11-25-16(20(24)28)10-19(23-25)29-9-5-8-26/h4,6-7,10-11,13,26H,5,8-9,12H2,1-3H3,(H,21,27). The maximum Gasteiger partial charge on any atom is 0.277 e. The lowest BCUT2D eigenvalue weighted by Gasteiger charge is -2.14. The van der Waals surface area contributed by atoms with Crippen LogP contribution in [-0.4, -0.2) is 49.4 Å². The molecular formula is C20H25N5O4. The number of fused-ring (bicyclic) bond motifs is 1. The van der Waals surface area contributed by atoms with E-state index in [0.29, 0.717) is 17.8 Å². The van der Waals surface area contributed by atoms with E-state index in [-0.39, 0.29) is 48.7 Å². The molecular weight excluding hydrogens is 374 g/mol. The summed E-state index contributed by atoms with van der Waals surface area (Å²) >= 11 is 0. The van der Waals surface area contributed by atoms with E-state index in [1.165, 1.54) is 15.1 Å². The largest absolute Gasteiger partial charge is 0.476 e. The van der Waals surface area contributed by atoms with E-state index in [0.717, 1.165) is 5.69 Å². The number of ether oxygens (including phenoxy) is 1. The van der Waals surface area contributed by atoms with Crippen molar-refractivity contribution in [1.82, 2.24) is 24.5 Å². The minimum atomic E-state index is -0.366. The summed E-state index contributed by atoms with van der Waals surface area (Å²) in [5.74, 6) is 0.0161. The van der Waals surface area contributed by atoms with Crippen molar-refractivity contribution in [3.05, 3.63) is 46.5 Å². The van der Waals surface area contributed by atoms with Gasteiger partial charge in [-0.3, -0.25) is 19.1 Å². The molecule has 0 aliphatic heterocycles. The van der Waals surface area contributed by atoms with Gasteiger partial charge in [0.05, 0.1) is 24.2 Å². The first kappa shape index (κ1) is 20.5. The number of rotatable bonds is 8. The Labute approximate surface area is 168 Å². The highest BCUT2D eigenvalue weighted by Crippen LogP contribution is 2.19. The topological polar surface area (TPSA) is 111 Å². The average molecular weight is 399 g/mol. The minimum Gasteiger partial charge on any atom is -0.476 e. The van der Waals surface area contributed by atoms with Crippen LogP contribution in [0.2, 0.25) is 0 Å². The average Bonchev–Trinajstić information content (AvgIpc) is 3.07. The summed E-state index contributed by atoms with van der Waals surface area (Å²) in [6.45, 7) is 5.74. The Morgan fingerprint density at radius 1 is 1.34 bits per heavy atom. The molecule has 3 aromatic heterocycles. The summed E-state index contributed by atoms with van der Waals surface area (Å²) in [4.78, 5) is 30.0. The third-order valence-electron chi connectivity index (χ3n) is 4.17. The predicted octanol–water partition coefficient (Wildman–Crippen LogP) is 1.15. The van der Waals surface area contributed by atoms with Crippen LogP contribution in [0, 0.1) is 6.92 Å². The van der Waals surface area contributed by atoms with Crippen molar-refractivity contribution in [3.8, 4) is 17.3 Å². The minimum absolute atomic E-state index is 0.00825. The lowest BCUT2D eigenvalue weighted by atomic mass is 10.2.